The lowest BCUT2D eigenvalue weighted by atomic mass is 10.1. The highest BCUT2D eigenvalue weighted by Crippen LogP contribution is 2.63. The third-order valence-electron chi connectivity index (χ3n) is 3.15. The van der Waals surface area contributed by atoms with Crippen molar-refractivity contribution < 1.29 is 4.42 Å². The van der Waals surface area contributed by atoms with Crippen molar-refractivity contribution in [1.29, 1.82) is 0 Å². The molecule has 2 atom stereocenters. The largest absolute Gasteiger partial charge is 0.469 e. The molecule has 0 aromatic carbocycles. The summed E-state index contributed by atoms with van der Waals surface area (Å²) < 4.78 is 5.37. The lowest BCUT2D eigenvalue weighted by Crippen LogP contribution is -2.05. The van der Waals surface area contributed by atoms with E-state index in [1.807, 2.05) is 12.1 Å². The van der Waals surface area contributed by atoms with E-state index < -0.39 is 0 Å². The molecule has 0 bridgehead atoms. The smallest absolute Gasteiger partial charge is 0.107 e. The molecule has 1 fully saturated rings. The van der Waals surface area contributed by atoms with Gasteiger partial charge in [-0.3, -0.25) is 0 Å². The fraction of sp³-hybridized carbons (Fsp3) is 0.600. The molecule has 1 aliphatic rings. The van der Waals surface area contributed by atoms with Crippen LogP contribution in [0, 0.1) is 11.3 Å². The Labute approximate surface area is 72.7 Å². The Morgan fingerprint density at radius 3 is 2.75 bits per heavy atom. The summed E-state index contributed by atoms with van der Waals surface area (Å²) in [5, 5.41) is 0. The lowest BCUT2D eigenvalue weighted by molar-refractivity contribution is 0.482. The van der Waals surface area contributed by atoms with Gasteiger partial charge in [-0.05, 0) is 30.0 Å². The molecule has 0 spiro atoms. The van der Waals surface area contributed by atoms with Gasteiger partial charge in [0.25, 0.3) is 0 Å². The lowest BCUT2D eigenvalue weighted by Gasteiger charge is -1.98. The molecule has 12 heavy (non-hydrogen) atoms. The van der Waals surface area contributed by atoms with Gasteiger partial charge in [0, 0.05) is 5.92 Å². The van der Waals surface area contributed by atoms with Crippen LogP contribution in [0.1, 0.15) is 25.5 Å². The average molecular weight is 165 g/mol. The molecule has 66 valence electrons. The molecule has 0 saturated heterocycles. The Morgan fingerprint density at radius 1 is 1.58 bits per heavy atom. The van der Waals surface area contributed by atoms with E-state index in [1.54, 1.807) is 6.26 Å². The SMILES string of the molecule is CC1(C)C(CN)C1c1ccco1. The van der Waals surface area contributed by atoms with E-state index in [0.717, 1.165) is 12.3 Å². The maximum Gasteiger partial charge on any atom is 0.107 e. The molecule has 1 heterocycles. The van der Waals surface area contributed by atoms with Crippen LogP contribution >= 0.6 is 0 Å². The molecule has 2 rings (SSSR count). The Bertz CT molecular complexity index is 263. The monoisotopic (exact) mass is 165 g/mol. The summed E-state index contributed by atoms with van der Waals surface area (Å²) in [5.41, 5.74) is 6.00. The van der Waals surface area contributed by atoms with Crippen molar-refractivity contribution in [3.05, 3.63) is 24.2 Å². The zero-order valence-corrected chi connectivity index (χ0v) is 7.58. The molecular weight excluding hydrogens is 150 g/mol. The first kappa shape index (κ1) is 7.87. The summed E-state index contributed by atoms with van der Waals surface area (Å²) in [6.45, 7) is 5.26. The minimum atomic E-state index is 0.340. The van der Waals surface area contributed by atoms with Gasteiger partial charge in [0.2, 0.25) is 0 Å². The first-order valence-corrected chi connectivity index (χ1v) is 4.41. The highest BCUT2D eigenvalue weighted by Gasteiger charge is 2.58. The summed E-state index contributed by atoms with van der Waals surface area (Å²) in [5.74, 6) is 2.23. The van der Waals surface area contributed by atoms with E-state index in [2.05, 4.69) is 13.8 Å². The van der Waals surface area contributed by atoms with Gasteiger partial charge in [0.15, 0.2) is 0 Å². The molecule has 1 aliphatic carbocycles. The molecule has 1 aromatic heterocycles. The van der Waals surface area contributed by atoms with Crippen LogP contribution in [-0.4, -0.2) is 6.54 Å². The highest BCUT2D eigenvalue weighted by molar-refractivity contribution is 5.24. The highest BCUT2D eigenvalue weighted by atomic mass is 16.3. The van der Waals surface area contributed by atoms with Gasteiger partial charge < -0.3 is 10.2 Å². The van der Waals surface area contributed by atoms with Crippen LogP contribution < -0.4 is 5.73 Å². The first-order chi connectivity index (χ1) is 5.68. The van der Waals surface area contributed by atoms with Crippen LogP contribution in [0.3, 0.4) is 0 Å². The van der Waals surface area contributed by atoms with Crippen LogP contribution in [0.5, 0.6) is 0 Å². The minimum Gasteiger partial charge on any atom is -0.469 e. The third kappa shape index (κ3) is 0.911. The summed E-state index contributed by atoms with van der Waals surface area (Å²) >= 11 is 0. The van der Waals surface area contributed by atoms with E-state index in [9.17, 15) is 0 Å². The fourth-order valence-electron chi connectivity index (χ4n) is 2.22. The zero-order valence-electron chi connectivity index (χ0n) is 7.58. The molecule has 0 radical (unpaired) electrons. The van der Waals surface area contributed by atoms with Gasteiger partial charge in [-0.25, -0.2) is 0 Å². The second-order valence-electron chi connectivity index (χ2n) is 4.16. The number of hydrogen-bond donors (Lipinski definition) is 1. The Kier molecular flexibility index (Phi) is 1.55. The standard InChI is InChI=1S/C10H15NO/c1-10(2)7(6-11)9(10)8-4-3-5-12-8/h3-5,7,9H,6,11H2,1-2H3. The second kappa shape index (κ2) is 2.36. The maximum atomic E-state index is 5.66. The molecular formula is C10H15NO. The summed E-state index contributed by atoms with van der Waals surface area (Å²) in [4.78, 5) is 0. The van der Waals surface area contributed by atoms with E-state index in [1.165, 1.54) is 0 Å². The van der Waals surface area contributed by atoms with Crippen molar-refractivity contribution >= 4 is 0 Å². The summed E-state index contributed by atoms with van der Waals surface area (Å²) in [6.07, 6.45) is 1.73. The van der Waals surface area contributed by atoms with E-state index in [4.69, 9.17) is 10.2 Å². The van der Waals surface area contributed by atoms with Crippen molar-refractivity contribution in [2.45, 2.75) is 19.8 Å². The Hall–Kier alpha value is -0.760. The Balaban J connectivity index is 2.19. The number of nitrogens with two attached hydrogens (primary N) is 1. The van der Waals surface area contributed by atoms with Gasteiger partial charge in [0.1, 0.15) is 5.76 Å². The number of furan rings is 1. The van der Waals surface area contributed by atoms with E-state index in [0.29, 0.717) is 17.3 Å². The molecule has 2 N–H and O–H groups in total. The average Bonchev–Trinajstić information content (AvgIpc) is 2.50. The molecule has 2 nitrogen and oxygen atoms in total. The van der Waals surface area contributed by atoms with E-state index >= 15 is 0 Å². The maximum absolute atomic E-state index is 5.66. The number of hydrogen-bond acceptors (Lipinski definition) is 2. The van der Waals surface area contributed by atoms with Crippen LogP contribution in [0.4, 0.5) is 0 Å². The molecule has 2 heteroatoms. The van der Waals surface area contributed by atoms with Crippen molar-refractivity contribution in [3.8, 4) is 0 Å². The van der Waals surface area contributed by atoms with Gasteiger partial charge >= 0.3 is 0 Å². The summed E-state index contributed by atoms with van der Waals surface area (Å²) in [6, 6.07) is 3.99. The third-order valence-corrected chi connectivity index (χ3v) is 3.15. The van der Waals surface area contributed by atoms with Gasteiger partial charge in [-0.15, -0.1) is 0 Å². The quantitative estimate of drug-likeness (QED) is 0.727. The predicted molar refractivity (Wildman–Crippen MR) is 47.8 cm³/mol. The summed E-state index contributed by atoms with van der Waals surface area (Å²) in [7, 11) is 0. The van der Waals surface area contributed by atoms with Crippen LogP contribution in [0.25, 0.3) is 0 Å². The van der Waals surface area contributed by atoms with Gasteiger partial charge in [-0.1, -0.05) is 13.8 Å². The zero-order chi connectivity index (χ0) is 8.77. The normalized spacial score (nSPS) is 31.9. The van der Waals surface area contributed by atoms with Crippen LogP contribution in [0.2, 0.25) is 0 Å². The molecule has 2 unspecified atom stereocenters. The first-order valence-electron chi connectivity index (χ1n) is 4.41. The van der Waals surface area contributed by atoms with Crippen LogP contribution in [-0.2, 0) is 0 Å². The molecule has 0 aliphatic heterocycles. The topological polar surface area (TPSA) is 39.2 Å². The fourth-order valence-corrected chi connectivity index (χ4v) is 2.22. The van der Waals surface area contributed by atoms with Crippen LogP contribution in [0.15, 0.2) is 22.8 Å². The van der Waals surface area contributed by atoms with Crippen molar-refractivity contribution in [3.63, 3.8) is 0 Å². The number of rotatable bonds is 2. The molecule has 1 aromatic rings. The van der Waals surface area contributed by atoms with Crippen molar-refractivity contribution in [2.24, 2.45) is 17.1 Å². The second-order valence-corrected chi connectivity index (χ2v) is 4.16. The van der Waals surface area contributed by atoms with Crippen molar-refractivity contribution in [2.75, 3.05) is 6.54 Å². The van der Waals surface area contributed by atoms with E-state index in [-0.39, 0.29) is 0 Å². The molecule has 1 saturated carbocycles. The van der Waals surface area contributed by atoms with Gasteiger partial charge in [-0.2, -0.15) is 0 Å². The van der Waals surface area contributed by atoms with Crippen molar-refractivity contribution in [1.82, 2.24) is 0 Å². The predicted octanol–water partition coefficient (Wildman–Crippen LogP) is 1.98. The molecule has 0 amide bonds. The minimum absolute atomic E-state index is 0.340. The van der Waals surface area contributed by atoms with Gasteiger partial charge in [0.05, 0.1) is 6.26 Å². The Morgan fingerprint density at radius 2 is 2.33 bits per heavy atom.